The van der Waals surface area contributed by atoms with Gasteiger partial charge in [0, 0.05) is 12.0 Å². The highest BCUT2D eigenvalue weighted by molar-refractivity contribution is 5.15. The zero-order valence-corrected chi connectivity index (χ0v) is 15.3. The Kier molecular flexibility index (Phi) is 4.02. The third-order valence-corrected chi connectivity index (χ3v) is 7.91. The molecule has 3 rings (SSSR count). The van der Waals surface area contributed by atoms with E-state index in [9.17, 15) is 10.2 Å². The Morgan fingerprint density at radius 3 is 2.30 bits per heavy atom. The maximum absolute atomic E-state index is 11.0. The standard InChI is InChI=1S/C20H34O3/c1-6-18(3)11-7-15-19(4,23-18)12-8-14-17(2,13-21)10-9-16(22)20(14,15)5/h6,14-16,21-22H,1,7-13H2,2-5H3/t14?,15?,16-,17+,18+,19-,20+/m1/s1. The molecule has 0 radical (unpaired) electrons. The Bertz CT molecular complexity index is 491. The molecule has 2 aliphatic carbocycles. The number of ether oxygens (including phenoxy) is 1. The highest BCUT2D eigenvalue weighted by atomic mass is 16.5. The number of aliphatic hydroxyl groups excluding tert-OH is 2. The number of hydrogen-bond donors (Lipinski definition) is 2. The summed E-state index contributed by atoms with van der Waals surface area (Å²) in [5.74, 6) is 0.696. The van der Waals surface area contributed by atoms with Crippen LogP contribution in [0.3, 0.4) is 0 Å². The largest absolute Gasteiger partial charge is 0.396 e. The molecule has 23 heavy (non-hydrogen) atoms. The van der Waals surface area contributed by atoms with Gasteiger partial charge in [-0.05, 0) is 69.6 Å². The Morgan fingerprint density at radius 2 is 1.70 bits per heavy atom. The van der Waals surface area contributed by atoms with Crippen molar-refractivity contribution in [2.45, 2.75) is 83.5 Å². The number of aliphatic hydroxyl groups is 2. The van der Waals surface area contributed by atoms with E-state index in [1.165, 1.54) is 0 Å². The van der Waals surface area contributed by atoms with Crippen molar-refractivity contribution in [2.75, 3.05) is 6.61 Å². The van der Waals surface area contributed by atoms with Gasteiger partial charge in [0.1, 0.15) is 0 Å². The lowest BCUT2D eigenvalue weighted by Crippen LogP contribution is -2.66. The van der Waals surface area contributed by atoms with Crippen LogP contribution in [-0.2, 0) is 4.74 Å². The van der Waals surface area contributed by atoms with Crippen molar-refractivity contribution >= 4 is 0 Å². The predicted octanol–water partition coefficient (Wildman–Crippen LogP) is 3.69. The molecule has 132 valence electrons. The second-order valence-electron chi connectivity index (χ2n) is 9.35. The molecule has 2 N–H and O–H groups in total. The lowest BCUT2D eigenvalue weighted by Gasteiger charge is -2.66. The lowest BCUT2D eigenvalue weighted by atomic mass is 9.43. The van der Waals surface area contributed by atoms with E-state index in [0.29, 0.717) is 11.8 Å². The maximum Gasteiger partial charge on any atom is 0.0839 e. The van der Waals surface area contributed by atoms with Crippen LogP contribution in [0.4, 0.5) is 0 Å². The Hall–Kier alpha value is -0.380. The third kappa shape index (κ3) is 2.34. The first-order chi connectivity index (χ1) is 10.6. The van der Waals surface area contributed by atoms with Gasteiger partial charge < -0.3 is 14.9 Å². The number of hydrogen-bond acceptors (Lipinski definition) is 3. The first-order valence-corrected chi connectivity index (χ1v) is 9.26. The molecule has 0 aromatic rings. The van der Waals surface area contributed by atoms with Gasteiger partial charge in [0.2, 0.25) is 0 Å². The van der Waals surface area contributed by atoms with Gasteiger partial charge in [0.25, 0.3) is 0 Å². The molecule has 2 saturated carbocycles. The van der Waals surface area contributed by atoms with Crippen LogP contribution < -0.4 is 0 Å². The van der Waals surface area contributed by atoms with E-state index >= 15 is 0 Å². The molecule has 3 nitrogen and oxygen atoms in total. The summed E-state index contributed by atoms with van der Waals surface area (Å²) in [5, 5.41) is 21.0. The highest BCUT2D eigenvalue weighted by Gasteiger charge is 2.64. The molecule has 1 aliphatic heterocycles. The van der Waals surface area contributed by atoms with Crippen molar-refractivity contribution in [2.24, 2.45) is 22.7 Å². The normalized spacial score (nSPS) is 56.5. The molecular formula is C20H34O3. The SMILES string of the molecule is C=C[C@@]1(C)CCC2[C@]3(C)C(CC[C@@]2(C)O1)[C@](C)(CO)CC[C@H]3O. The minimum absolute atomic E-state index is 0.0749. The molecule has 1 heterocycles. The minimum Gasteiger partial charge on any atom is -0.396 e. The van der Waals surface area contributed by atoms with Crippen LogP contribution in [0.25, 0.3) is 0 Å². The van der Waals surface area contributed by atoms with Crippen LogP contribution in [-0.4, -0.2) is 34.1 Å². The van der Waals surface area contributed by atoms with E-state index in [-0.39, 0.29) is 34.7 Å². The average molecular weight is 322 g/mol. The summed E-state index contributed by atoms with van der Waals surface area (Å²) in [4.78, 5) is 0. The van der Waals surface area contributed by atoms with Crippen molar-refractivity contribution in [1.29, 1.82) is 0 Å². The molecule has 1 saturated heterocycles. The van der Waals surface area contributed by atoms with Crippen molar-refractivity contribution < 1.29 is 14.9 Å². The summed E-state index contributed by atoms with van der Waals surface area (Å²) in [5.41, 5.74) is -0.713. The molecule has 3 heteroatoms. The van der Waals surface area contributed by atoms with Crippen LogP contribution in [0.5, 0.6) is 0 Å². The van der Waals surface area contributed by atoms with Crippen molar-refractivity contribution in [3.8, 4) is 0 Å². The molecule has 3 aliphatic rings. The Morgan fingerprint density at radius 1 is 1.04 bits per heavy atom. The molecule has 0 bridgehead atoms. The number of rotatable bonds is 2. The average Bonchev–Trinajstić information content (AvgIpc) is 2.50. The van der Waals surface area contributed by atoms with Crippen LogP contribution in [0.15, 0.2) is 12.7 Å². The summed E-state index contributed by atoms with van der Waals surface area (Å²) in [6.07, 6.45) is 7.39. The zero-order chi connectivity index (χ0) is 17.1. The van der Waals surface area contributed by atoms with E-state index in [0.717, 1.165) is 38.5 Å². The van der Waals surface area contributed by atoms with E-state index < -0.39 is 0 Å². The quantitative estimate of drug-likeness (QED) is 0.762. The fourth-order valence-corrected chi connectivity index (χ4v) is 6.42. The Labute approximate surface area is 141 Å². The smallest absolute Gasteiger partial charge is 0.0839 e. The number of fused-ring (bicyclic) bond motifs is 3. The lowest BCUT2D eigenvalue weighted by molar-refractivity contribution is -0.277. The van der Waals surface area contributed by atoms with Gasteiger partial charge in [-0.3, -0.25) is 0 Å². The molecule has 2 unspecified atom stereocenters. The van der Waals surface area contributed by atoms with Crippen molar-refractivity contribution in [3.05, 3.63) is 12.7 Å². The molecule has 0 aromatic heterocycles. The summed E-state index contributed by atoms with van der Waals surface area (Å²) >= 11 is 0. The first-order valence-electron chi connectivity index (χ1n) is 9.26. The van der Waals surface area contributed by atoms with Gasteiger partial charge in [-0.25, -0.2) is 0 Å². The van der Waals surface area contributed by atoms with Crippen LogP contribution in [0, 0.1) is 22.7 Å². The molecule has 0 aromatic carbocycles. The van der Waals surface area contributed by atoms with E-state index in [4.69, 9.17) is 4.74 Å². The van der Waals surface area contributed by atoms with Gasteiger partial charge >= 0.3 is 0 Å². The van der Waals surface area contributed by atoms with Gasteiger partial charge in [0.15, 0.2) is 0 Å². The summed E-state index contributed by atoms with van der Waals surface area (Å²) < 4.78 is 6.59. The molecular weight excluding hydrogens is 288 g/mol. The van der Waals surface area contributed by atoms with Crippen molar-refractivity contribution in [3.63, 3.8) is 0 Å². The van der Waals surface area contributed by atoms with Gasteiger partial charge in [0.05, 0.1) is 17.3 Å². The fraction of sp³-hybridized carbons (Fsp3) is 0.900. The van der Waals surface area contributed by atoms with E-state index in [2.05, 4.69) is 34.3 Å². The molecule has 0 amide bonds. The highest BCUT2D eigenvalue weighted by Crippen LogP contribution is 2.65. The van der Waals surface area contributed by atoms with Crippen molar-refractivity contribution in [1.82, 2.24) is 0 Å². The second-order valence-corrected chi connectivity index (χ2v) is 9.35. The predicted molar refractivity (Wildman–Crippen MR) is 92.1 cm³/mol. The van der Waals surface area contributed by atoms with Gasteiger partial charge in [-0.1, -0.05) is 19.9 Å². The zero-order valence-electron chi connectivity index (χ0n) is 15.3. The van der Waals surface area contributed by atoms with Gasteiger partial charge in [-0.2, -0.15) is 0 Å². The summed E-state index contributed by atoms with van der Waals surface area (Å²) in [6, 6.07) is 0. The summed E-state index contributed by atoms with van der Waals surface area (Å²) in [6.45, 7) is 13.0. The minimum atomic E-state index is -0.298. The van der Waals surface area contributed by atoms with E-state index in [1.54, 1.807) is 0 Å². The maximum atomic E-state index is 11.0. The Balaban J connectivity index is 2.00. The fourth-order valence-electron chi connectivity index (χ4n) is 6.42. The summed E-state index contributed by atoms with van der Waals surface area (Å²) in [7, 11) is 0. The van der Waals surface area contributed by atoms with Crippen LogP contribution >= 0.6 is 0 Å². The molecule has 3 fully saturated rings. The second kappa shape index (κ2) is 5.31. The van der Waals surface area contributed by atoms with Crippen LogP contribution in [0.1, 0.15) is 66.2 Å². The van der Waals surface area contributed by atoms with Gasteiger partial charge in [-0.15, -0.1) is 6.58 Å². The first kappa shape index (κ1) is 17.4. The van der Waals surface area contributed by atoms with Crippen LogP contribution in [0.2, 0.25) is 0 Å². The molecule has 7 atom stereocenters. The monoisotopic (exact) mass is 322 g/mol. The molecule has 0 spiro atoms. The topological polar surface area (TPSA) is 49.7 Å². The van der Waals surface area contributed by atoms with E-state index in [1.807, 2.05) is 6.08 Å². The third-order valence-electron chi connectivity index (χ3n) is 7.91.